The first kappa shape index (κ1) is 19.0. The van der Waals surface area contributed by atoms with Crippen LogP contribution < -0.4 is 15.4 Å². The Morgan fingerprint density at radius 2 is 1.72 bits per heavy atom. The average Bonchev–Trinajstić information content (AvgIpc) is 2.64. The van der Waals surface area contributed by atoms with Gasteiger partial charge in [-0.05, 0) is 56.5 Å². The van der Waals surface area contributed by atoms with Crippen LogP contribution in [-0.2, 0) is 6.42 Å². The van der Waals surface area contributed by atoms with Gasteiger partial charge < -0.3 is 15.4 Å². The van der Waals surface area contributed by atoms with Crippen molar-refractivity contribution in [3.05, 3.63) is 65.2 Å². The molecule has 1 amide bonds. The number of ether oxygens (including phenoxy) is 1. The summed E-state index contributed by atoms with van der Waals surface area (Å²) in [4.78, 5) is 12.0. The van der Waals surface area contributed by atoms with Crippen molar-refractivity contribution in [1.29, 1.82) is 0 Å². The van der Waals surface area contributed by atoms with Gasteiger partial charge in [0, 0.05) is 24.7 Å². The average molecular weight is 340 g/mol. The summed E-state index contributed by atoms with van der Waals surface area (Å²) in [6.07, 6.45) is 2.08. The van der Waals surface area contributed by atoms with Gasteiger partial charge in [0.05, 0.1) is 7.11 Å². The van der Waals surface area contributed by atoms with Crippen molar-refractivity contribution in [2.24, 2.45) is 0 Å². The van der Waals surface area contributed by atoms with E-state index >= 15 is 0 Å². The van der Waals surface area contributed by atoms with Crippen LogP contribution in [0.2, 0.25) is 0 Å². The SMILES string of the molecule is COc1ccc(CCC(C)NCCNC(=O)c2ccc(C)cc2)cc1. The third-order valence-electron chi connectivity index (χ3n) is 4.24. The lowest BCUT2D eigenvalue weighted by Gasteiger charge is -2.14. The van der Waals surface area contributed by atoms with Crippen molar-refractivity contribution in [2.75, 3.05) is 20.2 Å². The van der Waals surface area contributed by atoms with E-state index in [9.17, 15) is 4.79 Å². The fourth-order valence-electron chi connectivity index (χ4n) is 2.58. The summed E-state index contributed by atoms with van der Waals surface area (Å²) in [6, 6.07) is 16.2. The summed E-state index contributed by atoms with van der Waals surface area (Å²) in [5.74, 6) is 0.868. The van der Waals surface area contributed by atoms with Crippen LogP contribution in [-0.4, -0.2) is 32.1 Å². The van der Waals surface area contributed by atoms with Crippen LogP contribution in [0.25, 0.3) is 0 Å². The molecule has 134 valence electrons. The lowest BCUT2D eigenvalue weighted by Crippen LogP contribution is -2.36. The quantitative estimate of drug-likeness (QED) is 0.688. The molecule has 0 saturated heterocycles. The number of methoxy groups -OCH3 is 1. The number of aryl methyl sites for hydroxylation is 2. The fraction of sp³-hybridized carbons (Fsp3) is 0.381. The van der Waals surface area contributed by atoms with Crippen molar-refractivity contribution >= 4 is 5.91 Å². The molecule has 25 heavy (non-hydrogen) atoms. The number of amides is 1. The van der Waals surface area contributed by atoms with Crippen molar-refractivity contribution in [2.45, 2.75) is 32.7 Å². The second-order valence-electron chi connectivity index (χ2n) is 6.36. The highest BCUT2D eigenvalue weighted by Crippen LogP contribution is 2.13. The predicted molar refractivity (Wildman–Crippen MR) is 102 cm³/mol. The molecule has 0 heterocycles. The van der Waals surface area contributed by atoms with Crippen LogP contribution >= 0.6 is 0 Å². The number of rotatable bonds is 9. The maximum atomic E-state index is 12.0. The molecule has 0 aliphatic heterocycles. The maximum Gasteiger partial charge on any atom is 0.251 e. The Hall–Kier alpha value is -2.33. The molecule has 0 radical (unpaired) electrons. The van der Waals surface area contributed by atoms with Crippen molar-refractivity contribution in [1.82, 2.24) is 10.6 Å². The van der Waals surface area contributed by atoms with E-state index in [0.717, 1.165) is 30.7 Å². The zero-order valence-electron chi connectivity index (χ0n) is 15.3. The molecule has 2 N–H and O–H groups in total. The molecule has 0 bridgehead atoms. The third kappa shape index (κ3) is 6.59. The Balaban J connectivity index is 1.62. The molecule has 0 fully saturated rings. The van der Waals surface area contributed by atoms with Crippen LogP contribution in [0.1, 0.15) is 34.8 Å². The maximum absolute atomic E-state index is 12.0. The van der Waals surface area contributed by atoms with E-state index in [4.69, 9.17) is 4.74 Å². The molecule has 4 heteroatoms. The Kier molecular flexibility index (Phi) is 7.48. The summed E-state index contributed by atoms with van der Waals surface area (Å²) in [7, 11) is 1.68. The third-order valence-corrected chi connectivity index (χ3v) is 4.24. The zero-order chi connectivity index (χ0) is 18.1. The van der Waals surface area contributed by atoms with Crippen molar-refractivity contribution in [3.63, 3.8) is 0 Å². The number of benzene rings is 2. The first-order valence-corrected chi connectivity index (χ1v) is 8.79. The molecule has 0 spiro atoms. The molecule has 0 aliphatic rings. The van der Waals surface area contributed by atoms with E-state index in [0.29, 0.717) is 18.2 Å². The molecule has 0 saturated carbocycles. The minimum atomic E-state index is -0.0207. The molecule has 1 unspecified atom stereocenters. The second-order valence-corrected chi connectivity index (χ2v) is 6.36. The zero-order valence-corrected chi connectivity index (χ0v) is 15.3. The minimum absolute atomic E-state index is 0.0207. The molecule has 2 aromatic carbocycles. The van der Waals surface area contributed by atoms with Crippen LogP contribution in [0, 0.1) is 6.92 Å². The summed E-state index contributed by atoms with van der Waals surface area (Å²) >= 11 is 0. The Morgan fingerprint density at radius 3 is 2.36 bits per heavy atom. The summed E-state index contributed by atoms with van der Waals surface area (Å²) in [6.45, 7) is 5.57. The van der Waals surface area contributed by atoms with E-state index in [2.05, 4.69) is 29.7 Å². The molecule has 2 rings (SSSR count). The normalized spacial score (nSPS) is 11.8. The summed E-state index contributed by atoms with van der Waals surface area (Å²) in [5, 5.41) is 6.40. The van der Waals surface area contributed by atoms with Crippen LogP contribution in [0.3, 0.4) is 0 Å². The van der Waals surface area contributed by atoms with Gasteiger partial charge in [0.15, 0.2) is 0 Å². The largest absolute Gasteiger partial charge is 0.497 e. The highest BCUT2D eigenvalue weighted by molar-refractivity contribution is 5.94. The second kappa shape index (κ2) is 9.84. The Morgan fingerprint density at radius 1 is 1.04 bits per heavy atom. The van der Waals surface area contributed by atoms with Gasteiger partial charge in [-0.3, -0.25) is 4.79 Å². The number of carbonyl (C=O) groups excluding carboxylic acids is 1. The van der Waals surface area contributed by atoms with Crippen LogP contribution in [0.15, 0.2) is 48.5 Å². The van der Waals surface area contributed by atoms with E-state index in [1.807, 2.05) is 43.3 Å². The number of carbonyl (C=O) groups is 1. The Bertz CT molecular complexity index is 651. The van der Waals surface area contributed by atoms with Crippen LogP contribution in [0.5, 0.6) is 5.75 Å². The van der Waals surface area contributed by atoms with Crippen molar-refractivity contribution < 1.29 is 9.53 Å². The topological polar surface area (TPSA) is 50.4 Å². The molecule has 1 atom stereocenters. The smallest absolute Gasteiger partial charge is 0.251 e. The minimum Gasteiger partial charge on any atom is -0.497 e. The van der Waals surface area contributed by atoms with Crippen molar-refractivity contribution in [3.8, 4) is 5.75 Å². The van der Waals surface area contributed by atoms with E-state index < -0.39 is 0 Å². The first-order chi connectivity index (χ1) is 12.1. The highest BCUT2D eigenvalue weighted by atomic mass is 16.5. The molecule has 2 aromatic rings. The number of hydrogen-bond acceptors (Lipinski definition) is 3. The van der Waals surface area contributed by atoms with Gasteiger partial charge in [-0.1, -0.05) is 29.8 Å². The molecular weight excluding hydrogens is 312 g/mol. The van der Waals surface area contributed by atoms with Gasteiger partial charge in [0.1, 0.15) is 5.75 Å². The first-order valence-electron chi connectivity index (χ1n) is 8.79. The monoisotopic (exact) mass is 340 g/mol. The van der Waals surface area contributed by atoms with Gasteiger partial charge in [0.2, 0.25) is 0 Å². The predicted octanol–water partition coefficient (Wildman–Crippen LogP) is 3.34. The van der Waals surface area contributed by atoms with Gasteiger partial charge >= 0.3 is 0 Å². The Labute approximate surface area is 150 Å². The van der Waals surface area contributed by atoms with Gasteiger partial charge in [-0.2, -0.15) is 0 Å². The highest BCUT2D eigenvalue weighted by Gasteiger charge is 2.05. The molecular formula is C21H28N2O2. The van der Waals surface area contributed by atoms with Crippen LogP contribution in [0.4, 0.5) is 0 Å². The van der Waals surface area contributed by atoms with E-state index in [1.165, 1.54) is 5.56 Å². The standard InChI is InChI=1S/C21H28N2O2/c1-16-4-10-19(11-5-16)21(24)23-15-14-22-17(2)6-7-18-8-12-20(25-3)13-9-18/h4-5,8-13,17,22H,6-7,14-15H2,1-3H3,(H,23,24). The fourth-order valence-corrected chi connectivity index (χ4v) is 2.58. The lowest BCUT2D eigenvalue weighted by molar-refractivity contribution is 0.0953. The lowest BCUT2D eigenvalue weighted by atomic mass is 10.1. The number of hydrogen-bond donors (Lipinski definition) is 2. The molecule has 4 nitrogen and oxygen atoms in total. The molecule has 0 aliphatic carbocycles. The van der Waals surface area contributed by atoms with Gasteiger partial charge in [-0.15, -0.1) is 0 Å². The van der Waals surface area contributed by atoms with Gasteiger partial charge in [0.25, 0.3) is 5.91 Å². The van der Waals surface area contributed by atoms with E-state index in [1.54, 1.807) is 7.11 Å². The summed E-state index contributed by atoms with van der Waals surface area (Å²) < 4.78 is 5.17. The van der Waals surface area contributed by atoms with E-state index in [-0.39, 0.29) is 5.91 Å². The number of nitrogens with one attached hydrogen (secondary N) is 2. The van der Waals surface area contributed by atoms with Gasteiger partial charge in [-0.25, -0.2) is 0 Å². The summed E-state index contributed by atoms with van der Waals surface area (Å²) in [5.41, 5.74) is 3.17. The molecule has 0 aromatic heterocycles.